The van der Waals surface area contributed by atoms with Gasteiger partial charge in [-0.3, -0.25) is 0 Å². The van der Waals surface area contributed by atoms with Gasteiger partial charge in [0.2, 0.25) is 0 Å². The summed E-state index contributed by atoms with van der Waals surface area (Å²) in [5.74, 6) is 1.87. The molecule has 2 fully saturated rings. The fraction of sp³-hybridized carbons (Fsp3) is 1.00. The van der Waals surface area contributed by atoms with Crippen LogP contribution in [-0.4, -0.2) is 35.9 Å². The Kier molecular flexibility index (Phi) is 9.17. The van der Waals surface area contributed by atoms with Crippen molar-refractivity contribution < 1.29 is 9.47 Å². The van der Waals surface area contributed by atoms with E-state index in [1.165, 1.54) is 57.8 Å². The van der Waals surface area contributed by atoms with Crippen LogP contribution in [0.2, 0.25) is 0 Å². The highest BCUT2D eigenvalue weighted by Crippen LogP contribution is 2.36. The Balaban J connectivity index is 1.57. The Morgan fingerprint density at radius 1 is 0.696 bits per heavy atom. The Hall–Kier alpha value is 0.620. The second kappa shape index (κ2) is 10.6. The zero-order valence-electron chi connectivity index (χ0n) is 15.0. The van der Waals surface area contributed by atoms with Gasteiger partial charge in [-0.05, 0) is 69.6 Å². The van der Waals surface area contributed by atoms with Crippen LogP contribution in [0.3, 0.4) is 0 Å². The van der Waals surface area contributed by atoms with E-state index in [1.807, 2.05) is 0 Å². The minimum absolute atomic E-state index is 0.357. The summed E-state index contributed by atoms with van der Waals surface area (Å²) in [4.78, 5) is 0. The molecule has 0 aromatic carbocycles. The largest absolute Gasteiger partial charge is 0.377 e. The van der Waals surface area contributed by atoms with Gasteiger partial charge < -0.3 is 9.47 Å². The van der Waals surface area contributed by atoms with Crippen LogP contribution >= 0.6 is 25.3 Å². The summed E-state index contributed by atoms with van der Waals surface area (Å²) in [7, 11) is 0. The fourth-order valence-electron chi connectivity index (χ4n) is 4.09. The van der Waals surface area contributed by atoms with E-state index in [9.17, 15) is 0 Å². The van der Waals surface area contributed by atoms with Gasteiger partial charge in [0.05, 0.1) is 25.4 Å². The van der Waals surface area contributed by atoms with Crippen LogP contribution in [-0.2, 0) is 9.47 Å². The highest BCUT2D eigenvalue weighted by Gasteiger charge is 2.27. The minimum atomic E-state index is 0.357. The SMILES string of the molecule is CC(S)COC1CCC(CC2CCC(OCC(C)S)CC2)CC1. The molecule has 0 aromatic rings. The third kappa shape index (κ3) is 8.02. The monoisotopic (exact) mass is 360 g/mol. The highest BCUT2D eigenvalue weighted by molar-refractivity contribution is 7.81. The van der Waals surface area contributed by atoms with Crippen LogP contribution < -0.4 is 0 Å². The third-order valence-electron chi connectivity index (χ3n) is 5.40. The molecule has 0 aliphatic heterocycles. The molecule has 0 heterocycles. The Morgan fingerprint density at radius 3 is 1.35 bits per heavy atom. The second-order valence-corrected chi connectivity index (χ2v) is 9.65. The molecule has 2 aliphatic rings. The molecule has 2 atom stereocenters. The van der Waals surface area contributed by atoms with Gasteiger partial charge in [0.1, 0.15) is 0 Å². The summed E-state index contributed by atoms with van der Waals surface area (Å²) in [6.07, 6.45) is 12.9. The molecule has 0 N–H and O–H groups in total. The van der Waals surface area contributed by atoms with Crippen molar-refractivity contribution in [3.8, 4) is 0 Å². The second-order valence-electron chi connectivity index (χ2n) is 7.89. The number of hydrogen-bond donors (Lipinski definition) is 2. The van der Waals surface area contributed by atoms with Crippen molar-refractivity contribution in [2.75, 3.05) is 13.2 Å². The lowest BCUT2D eigenvalue weighted by Crippen LogP contribution is -2.27. The van der Waals surface area contributed by atoms with Crippen molar-refractivity contribution in [1.82, 2.24) is 0 Å². The normalized spacial score (nSPS) is 35.0. The van der Waals surface area contributed by atoms with E-state index in [-0.39, 0.29) is 0 Å². The van der Waals surface area contributed by atoms with Crippen molar-refractivity contribution in [2.45, 2.75) is 94.3 Å². The lowest BCUT2D eigenvalue weighted by Gasteiger charge is -2.34. The molecule has 0 saturated heterocycles. The molecule has 2 rings (SSSR count). The molecule has 0 radical (unpaired) electrons. The summed E-state index contributed by atoms with van der Waals surface area (Å²) in [6.45, 7) is 5.80. The summed E-state index contributed by atoms with van der Waals surface area (Å²) in [5, 5.41) is 0.714. The molecule has 0 aromatic heterocycles. The van der Waals surface area contributed by atoms with Crippen LogP contribution in [0.15, 0.2) is 0 Å². The number of thiol groups is 2. The first-order valence-electron chi connectivity index (χ1n) is 9.62. The van der Waals surface area contributed by atoms with Gasteiger partial charge in [-0.2, -0.15) is 25.3 Å². The Labute approximate surface area is 154 Å². The highest BCUT2D eigenvalue weighted by atomic mass is 32.1. The van der Waals surface area contributed by atoms with Crippen molar-refractivity contribution in [1.29, 1.82) is 0 Å². The molecule has 23 heavy (non-hydrogen) atoms. The van der Waals surface area contributed by atoms with Gasteiger partial charge in [0.25, 0.3) is 0 Å². The maximum Gasteiger partial charge on any atom is 0.0583 e. The number of hydrogen-bond acceptors (Lipinski definition) is 4. The quantitative estimate of drug-likeness (QED) is 0.582. The summed E-state index contributed by atoms with van der Waals surface area (Å²) < 4.78 is 11.9. The first kappa shape index (κ1) is 19.9. The molecule has 4 heteroatoms. The molecule has 0 bridgehead atoms. The molecule has 0 spiro atoms. The predicted octanol–water partition coefficient (Wildman–Crippen LogP) is 5.16. The van der Waals surface area contributed by atoms with Crippen LogP contribution in [0, 0.1) is 11.8 Å². The zero-order chi connectivity index (χ0) is 16.7. The van der Waals surface area contributed by atoms with Gasteiger partial charge in [0.15, 0.2) is 0 Å². The van der Waals surface area contributed by atoms with E-state index in [0.717, 1.165) is 25.0 Å². The van der Waals surface area contributed by atoms with E-state index < -0.39 is 0 Å². The van der Waals surface area contributed by atoms with Gasteiger partial charge in [-0.1, -0.05) is 13.8 Å². The standard InChI is InChI=1S/C19H36O2S2/c1-14(22)12-20-18-7-3-16(4-8-18)11-17-5-9-19(10-6-17)21-13-15(2)23/h14-19,22-23H,3-13H2,1-2H3. The molecule has 2 unspecified atom stereocenters. The molecule has 136 valence electrons. The molecular weight excluding hydrogens is 324 g/mol. The fourth-order valence-corrected chi connectivity index (χ4v) is 4.26. The van der Waals surface area contributed by atoms with E-state index in [1.54, 1.807) is 0 Å². The predicted molar refractivity (Wildman–Crippen MR) is 105 cm³/mol. The Bertz CT molecular complexity index is 276. The summed E-state index contributed by atoms with van der Waals surface area (Å²) in [5.41, 5.74) is 0. The van der Waals surface area contributed by atoms with Gasteiger partial charge in [0, 0.05) is 10.5 Å². The van der Waals surface area contributed by atoms with Crippen LogP contribution in [0.5, 0.6) is 0 Å². The lowest BCUT2D eigenvalue weighted by molar-refractivity contribution is 0.00661. The summed E-state index contributed by atoms with van der Waals surface area (Å²) >= 11 is 8.79. The third-order valence-corrected chi connectivity index (χ3v) is 5.70. The van der Waals surface area contributed by atoms with Gasteiger partial charge in [-0.25, -0.2) is 0 Å². The molecule has 0 amide bonds. The molecule has 2 aliphatic carbocycles. The van der Waals surface area contributed by atoms with Crippen molar-refractivity contribution in [3.05, 3.63) is 0 Å². The maximum atomic E-state index is 5.94. The van der Waals surface area contributed by atoms with Crippen molar-refractivity contribution in [3.63, 3.8) is 0 Å². The van der Waals surface area contributed by atoms with Crippen molar-refractivity contribution >= 4 is 25.3 Å². The zero-order valence-corrected chi connectivity index (χ0v) is 16.7. The van der Waals surface area contributed by atoms with Crippen LogP contribution in [0.4, 0.5) is 0 Å². The van der Waals surface area contributed by atoms with Gasteiger partial charge in [-0.15, -0.1) is 0 Å². The average molecular weight is 361 g/mol. The van der Waals surface area contributed by atoms with E-state index in [0.29, 0.717) is 22.7 Å². The molecule has 2 saturated carbocycles. The van der Waals surface area contributed by atoms with E-state index in [4.69, 9.17) is 9.47 Å². The topological polar surface area (TPSA) is 18.5 Å². The average Bonchev–Trinajstić information content (AvgIpc) is 2.53. The van der Waals surface area contributed by atoms with Crippen LogP contribution in [0.1, 0.15) is 71.6 Å². The van der Waals surface area contributed by atoms with E-state index in [2.05, 4.69) is 39.1 Å². The van der Waals surface area contributed by atoms with Crippen LogP contribution in [0.25, 0.3) is 0 Å². The lowest BCUT2D eigenvalue weighted by atomic mass is 9.76. The molecule has 2 nitrogen and oxygen atoms in total. The van der Waals surface area contributed by atoms with Gasteiger partial charge >= 0.3 is 0 Å². The minimum Gasteiger partial charge on any atom is -0.377 e. The smallest absolute Gasteiger partial charge is 0.0583 e. The Morgan fingerprint density at radius 2 is 1.04 bits per heavy atom. The number of ether oxygens (including phenoxy) is 2. The van der Waals surface area contributed by atoms with E-state index >= 15 is 0 Å². The first-order chi connectivity index (χ1) is 11.0. The maximum absolute atomic E-state index is 5.94. The number of rotatable bonds is 8. The first-order valence-corrected chi connectivity index (χ1v) is 10.7. The summed E-state index contributed by atoms with van der Waals surface area (Å²) in [6, 6.07) is 0. The van der Waals surface area contributed by atoms with Crippen molar-refractivity contribution in [2.24, 2.45) is 11.8 Å². The molecular formula is C19H36O2S2.